The topological polar surface area (TPSA) is 156 Å². The molecule has 0 heterocycles. The van der Waals surface area contributed by atoms with Crippen LogP contribution in [0.2, 0.25) is 0 Å². The summed E-state index contributed by atoms with van der Waals surface area (Å²) in [6, 6.07) is 0. The monoisotopic (exact) mass is 534 g/mol. The fraction of sp³-hybridized carbons (Fsp3) is 0.867. The fourth-order valence-corrected chi connectivity index (χ4v) is 10.9. The highest BCUT2D eigenvalue weighted by Crippen LogP contribution is 2.75. The van der Waals surface area contributed by atoms with E-state index in [1.165, 1.54) is 0 Å². The van der Waals surface area contributed by atoms with Gasteiger partial charge in [0.05, 0.1) is 24.9 Å². The third-order valence-corrected chi connectivity index (χ3v) is 13.2. The SMILES string of the molecule is CC1(C)CC[C@]2(C(=O)O)[C@@H](O)CC3(C)C(=CCC4[C@@]5(C)C[C@H](O)[C@H](O)[C@](CO)(C(=O)O)C5CC[C@]43C)[C@@H]2C1. The first kappa shape index (κ1) is 28.1. The van der Waals surface area contributed by atoms with Crippen LogP contribution in [0.5, 0.6) is 0 Å². The molecule has 0 aromatic rings. The summed E-state index contributed by atoms with van der Waals surface area (Å²) in [5, 5.41) is 64.8. The molecule has 6 N–H and O–H groups in total. The molecule has 0 saturated heterocycles. The van der Waals surface area contributed by atoms with E-state index in [4.69, 9.17) is 0 Å². The van der Waals surface area contributed by atoms with Crippen molar-refractivity contribution in [2.24, 2.45) is 50.2 Å². The number of aliphatic hydroxyl groups is 4. The first-order chi connectivity index (χ1) is 17.5. The zero-order chi connectivity index (χ0) is 28.3. The number of hydrogen-bond donors (Lipinski definition) is 6. The number of hydrogen-bond acceptors (Lipinski definition) is 6. The van der Waals surface area contributed by atoms with E-state index in [9.17, 15) is 40.2 Å². The molecule has 8 nitrogen and oxygen atoms in total. The summed E-state index contributed by atoms with van der Waals surface area (Å²) < 4.78 is 0. The van der Waals surface area contributed by atoms with Crippen molar-refractivity contribution in [3.05, 3.63) is 11.6 Å². The lowest BCUT2D eigenvalue weighted by Gasteiger charge is -2.71. The number of aliphatic hydroxyl groups excluding tert-OH is 4. The second-order valence-electron chi connectivity index (χ2n) is 15.0. The molecule has 0 bridgehead atoms. The van der Waals surface area contributed by atoms with Crippen molar-refractivity contribution in [3.8, 4) is 0 Å². The van der Waals surface area contributed by atoms with Gasteiger partial charge in [0, 0.05) is 0 Å². The van der Waals surface area contributed by atoms with Crippen LogP contribution in [-0.4, -0.2) is 67.5 Å². The Hall–Kier alpha value is -1.48. The highest BCUT2D eigenvalue weighted by atomic mass is 16.4. The molecule has 38 heavy (non-hydrogen) atoms. The van der Waals surface area contributed by atoms with Gasteiger partial charge in [0.15, 0.2) is 0 Å². The summed E-state index contributed by atoms with van der Waals surface area (Å²) in [5.41, 5.74) is -3.56. The van der Waals surface area contributed by atoms with Crippen LogP contribution in [0.1, 0.15) is 86.0 Å². The summed E-state index contributed by atoms with van der Waals surface area (Å²) in [7, 11) is 0. The molecule has 4 saturated carbocycles. The molecule has 5 aliphatic rings. The smallest absolute Gasteiger partial charge is 0.315 e. The average molecular weight is 535 g/mol. The van der Waals surface area contributed by atoms with Crippen LogP contribution in [0.4, 0.5) is 0 Å². The number of carboxylic acid groups (broad SMARTS) is 2. The van der Waals surface area contributed by atoms with Gasteiger partial charge in [-0.2, -0.15) is 0 Å². The molecule has 5 aliphatic carbocycles. The van der Waals surface area contributed by atoms with Crippen molar-refractivity contribution in [2.75, 3.05) is 6.61 Å². The first-order valence-corrected chi connectivity index (χ1v) is 14.3. The van der Waals surface area contributed by atoms with E-state index in [1.807, 2.05) is 6.92 Å². The Kier molecular flexibility index (Phi) is 6.11. The number of aliphatic carboxylic acids is 2. The summed E-state index contributed by atoms with van der Waals surface area (Å²) >= 11 is 0. The van der Waals surface area contributed by atoms with Gasteiger partial charge >= 0.3 is 11.9 Å². The van der Waals surface area contributed by atoms with Crippen LogP contribution in [0, 0.1) is 50.2 Å². The van der Waals surface area contributed by atoms with Crippen LogP contribution < -0.4 is 0 Å². The fourth-order valence-electron chi connectivity index (χ4n) is 10.9. The summed E-state index contributed by atoms with van der Waals surface area (Å²) in [4.78, 5) is 25.4. The van der Waals surface area contributed by atoms with Gasteiger partial charge in [0.25, 0.3) is 0 Å². The molecule has 0 spiro atoms. The van der Waals surface area contributed by atoms with Crippen LogP contribution in [0.15, 0.2) is 11.6 Å². The van der Waals surface area contributed by atoms with Crippen molar-refractivity contribution in [1.82, 2.24) is 0 Å². The Morgan fingerprint density at radius 2 is 1.55 bits per heavy atom. The second kappa shape index (κ2) is 8.27. The maximum Gasteiger partial charge on any atom is 0.315 e. The lowest BCUT2D eigenvalue weighted by Crippen LogP contribution is -2.71. The van der Waals surface area contributed by atoms with E-state index in [1.54, 1.807) is 0 Å². The van der Waals surface area contributed by atoms with Crippen molar-refractivity contribution in [2.45, 2.75) is 104 Å². The summed E-state index contributed by atoms with van der Waals surface area (Å²) in [5.74, 6) is -3.10. The van der Waals surface area contributed by atoms with Crippen LogP contribution in [0.25, 0.3) is 0 Å². The molecule has 0 aromatic heterocycles. The van der Waals surface area contributed by atoms with Gasteiger partial charge in [-0.25, -0.2) is 0 Å². The molecule has 3 unspecified atom stereocenters. The molecular formula is C30H46O8. The van der Waals surface area contributed by atoms with Gasteiger partial charge in [0.1, 0.15) is 10.8 Å². The average Bonchev–Trinajstić information content (AvgIpc) is 2.80. The number of allylic oxidation sites excluding steroid dienone is 2. The molecule has 0 aromatic carbocycles. The lowest BCUT2D eigenvalue weighted by atomic mass is 9.33. The van der Waals surface area contributed by atoms with Gasteiger partial charge in [-0.15, -0.1) is 0 Å². The third-order valence-electron chi connectivity index (χ3n) is 13.2. The zero-order valence-electron chi connectivity index (χ0n) is 23.4. The largest absolute Gasteiger partial charge is 0.481 e. The number of carboxylic acids is 2. The standard InChI is InChI=1S/C30H46O8/c1-25(2)10-11-29(23(35)36)17(12-25)16-6-7-19-26(3)13-18(32)22(34)30(15-31,24(37)38)20(26)8-9-27(19,4)28(16,5)14-21(29)33/h6,17-22,31-34H,7-15H2,1-5H3,(H,35,36)(H,37,38)/t17-,18-,19?,20?,21-,22-,26+,27+,28?,29+,30+/m0/s1. The van der Waals surface area contributed by atoms with Crippen molar-refractivity contribution in [3.63, 3.8) is 0 Å². The highest BCUT2D eigenvalue weighted by Gasteiger charge is 2.73. The Balaban J connectivity index is 1.65. The predicted octanol–water partition coefficient (Wildman–Crippen LogP) is 3.21. The Bertz CT molecular complexity index is 1070. The maximum atomic E-state index is 12.8. The quantitative estimate of drug-likeness (QED) is 0.302. The maximum absolute atomic E-state index is 12.8. The normalized spacial score (nSPS) is 53.4. The van der Waals surface area contributed by atoms with Crippen LogP contribution >= 0.6 is 0 Å². The van der Waals surface area contributed by atoms with E-state index in [-0.39, 0.29) is 23.7 Å². The number of rotatable bonds is 3. The highest BCUT2D eigenvalue weighted by molar-refractivity contribution is 5.78. The molecule has 11 atom stereocenters. The third kappa shape index (κ3) is 3.12. The Morgan fingerprint density at radius 1 is 0.895 bits per heavy atom. The first-order valence-electron chi connectivity index (χ1n) is 14.3. The minimum Gasteiger partial charge on any atom is -0.481 e. The van der Waals surface area contributed by atoms with E-state index in [2.05, 4.69) is 33.8 Å². The van der Waals surface area contributed by atoms with Crippen molar-refractivity contribution in [1.29, 1.82) is 0 Å². The van der Waals surface area contributed by atoms with Crippen molar-refractivity contribution >= 4 is 11.9 Å². The van der Waals surface area contributed by atoms with Gasteiger partial charge in [-0.3, -0.25) is 9.59 Å². The molecule has 5 rings (SSSR count). The second-order valence-corrected chi connectivity index (χ2v) is 15.0. The van der Waals surface area contributed by atoms with Gasteiger partial charge < -0.3 is 30.6 Å². The van der Waals surface area contributed by atoms with Crippen molar-refractivity contribution < 1.29 is 40.2 Å². The Labute approximate surface area is 225 Å². The van der Waals surface area contributed by atoms with E-state index < -0.39 is 69.9 Å². The van der Waals surface area contributed by atoms with Crippen LogP contribution in [-0.2, 0) is 9.59 Å². The summed E-state index contributed by atoms with van der Waals surface area (Å²) in [6.45, 7) is 9.97. The minimum absolute atomic E-state index is 0.0460. The lowest BCUT2D eigenvalue weighted by molar-refractivity contribution is -0.254. The Morgan fingerprint density at radius 3 is 2.13 bits per heavy atom. The molecule has 214 valence electrons. The predicted molar refractivity (Wildman–Crippen MR) is 139 cm³/mol. The van der Waals surface area contributed by atoms with E-state index in [0.717, 1.165) is 12.0 Å². The molecule has 4 fully saturated rings. The zero-order valence-corrected chi connectivity index (χ0v) is 23.4. The molecule has 0 amide bonds. The van der Waals surface area contributed by atoms with Gasteiger partial charge in [0.2, 0.25) is 0 Å². The van der Waals surface area contributed by atoms with Crippen LogP contribution in [0.3, 0.4) is 0 Å². The minimum atomic E-state index is -1.85. The van der Waals surface area contributed by atoms with Gasteiger partial charge in [-0.05, 0) is 90.8 Å². The number of fused-ring (bicyclic) bond motifs is 7. The molecular weight excluding hydrogens is 488 g/mol. The number of carbonyl (C=O) groups is 2. The molecule has 0 radical (unpaired) electrons. The molecule has 8 heteroatoms. The molecule has 0 aliphatic heterocycles. The summed E-state index contributed by atoms with van der Waals surface area (Å²) in [6.07, 6.45) is 2.48. The van der Waals surface area contributed by atoms with E-state index >= 15 is 0 Å². The van der Waals surface area contributed by atoms with Gasteiger partial charge in [-0.1, -0.05) is 46.3 Å². The van der Waals surface area contributed by atoms with E-state index in [0.29, 0.717) is 38.5 Å².